The smallest absolute Gasteiger partial charge is 0.238 e. The van der Waals surface area contributed by atoms with E-state index in [1.54, 1.807) is 11.8 Å². The highest BCUT2D eigenvalue weighted by molar-refractivity contribution is 9.10. The van der Waals surface area contributed by atoms with Crippen molar-refractivity contribution in [2.24, 2.45) is 0 Å². The number of carbonyl (C=O) groups excluding carboxylic acids is 1. The molecule has 3 nitrogen and oxygen atoms in total. The average Bonchev–Trinajstić information content (AvgIpc) is 2.30. The van der Waals surface area contributed by atoms with Gasteiger partial charge < -0.3 is 10.6 Å². The highest BCUT2D eigenvalue weighted by atomic mass is 79.9. The fourth-order valence-corrected chi connectivity index (χ4v) is 2.20. The van der Waals surface area contributed by atoms with Gasteiger partial charge in [0, 0.05) is 22.0 Å². The lowest BCUT2D eigenvalue weighted by atomic mass is 10.3. The van der Waals surface area contributed by atoms with E-state index >= 15 is 0 Å². The largest absolute Gasteiger partial charge is 0.325 e. The number of amides is 1. The van der Waals surface area contributed by atoms with Crippen LogP contribution in [0.15, 0.2) is 28.7 Å². The average molecular weight is 317 g/mol. The fraction of sp³-hybridized carbons (Fsp3) is 0.417. The molecule has 1 amide bonds. The molecule has 1 atom stereocenters. The monoisotopic (exact) mass is 316 g/mol. The number of anilines is 1. The van der Waals surface area contributed by atoms with Gasteiger partial charge in [0.2, 0.25) is 5.91 Å². The third-order valence-electron chi connectivity index (χ3n) is 2.16. The first-order chi connectivity index (χ1) is 8.11. The zero-order chi connectivity index (χ0) is 12.7. The number of rotatable bonds is 6. The van der Waals surface area contributed by atoms with E-state index in [9.17, 15) is 4.79 Å². The molecular formula is C12H17BrN2OS. The maximum Gasteiger partial charge on any atom is 0.238 e. The molecule has 0 heterocycles. The SMILES string of the molecule is CSCC(C)NCC(=O)Nc1ccc(Br)cc1. The summed E-state index contributed by atoms with van der Waals surface area (Å²) in [5.41, 5.74) is 0.817. The Labute approximate surface area is 115 Å². The number of halogens is 1. The van der Waals surface area contributed by atoms with E-state index in [-0.39, 0.29) is 5.91 Å². The second-order valence-corrected chi connectivity index (χ2v) is 5.62. The van der Waals surface area contributed by atoms with E-state index < -0.39 is 0 Å². The van der Waals surface area contributed by atoms with Crippen molar-refractivity contribution in [2.45, 2.75) is 13.0 Å². The Hall–Kier alpha value is -0.520. The Morgan fingerprint density at radius 3 is 2.65 bits per heavy atom. The first-order valence-electron chi connectivity index (χ1n) is 5.39. The van der Waals surface area contributed by atoms with E-state index in [1.165, 1.54) is 0 Å². The number of benzene rings is 1. The topological polar surface area (TPSA) is 41.1 Å². The minimum absolute atomic E-state index is 0.0136. The molecule has 1 rings (SSSR count). The quantitative estimate of drug-likeness (QED) is 0.848. The van der Waals surface area contributed by atoms with Crippen LogP contribution < -0.4 is 10.6 Å². The molecule has 0 fully saturated rings. The van der Waals surface area contributed by atoms with Crippen molar-refractivity contribution in [1.82, 2.24) is 5.32 Å². The molecule has 0 aliphatic rings. The predicted molar refractivity (Wildman–Crippen MR) is 78.6 cm³/mol. The van der Waals surface area contributed by atoms with Crippen molar-refractivity contribution in [3.63, 3.8) is 0 Å². The van der Waals surface area contributed by atoms with Gasteiger partial charge in [0.1, 0.15) is 0 Å². The summed E-state index contributed by atoms with van der Waals surface area (Å²) >= 11 is 5.12. The van der Waals surface area contributed by atoms with Crippen LogP contribution in [0.3, 0.4) is 0 Å². The molecule has 94 valence electrons. The summed E-state index contributed by atoms with van der Waals surface area (Å²) in [6.07, 6.45) is 2.06. The Bertz CT molecular complexity index is 356. The molecule has 0 bridgehead atoms. The number of thioether (sulfide) groups is 1. The molecule has 0 aliphatic carbocycles. The zero-order valence-electron chi connectivity index (χ0n) is 10.00. The molecule has 2 N–H and O–H groups in total. The van der Waals surface area contributed by atoms with E-state index in [0.717, 1.165) is 15.9 Å². The first kappa shape index (κ1) is 14.5. The van der Waals surface area contributed by atoms with Crippen LogP contribution >= 0.6 is 27.7 Å². The number of carbonyl (C=O) groups is 1. The van der Waals surface area contributed by atoms with Crippen LogP contribution in [0.5, 0.6) is 0 Å². The summed E-state index contributed by atoms with van der Waals surface area (Å²) in [5, 5.41) is 6.01. The van der Waals surface area contributed by atoms with Crippen molar-refractivity contribution in [3.8, 4) is 0 Å². The van der Waals surface area contributed by atoms with Crippen molar-refractivity contribution in [3.05, 3.63) is 28.7 Å². The van der Waals surface area contributed by atoms with E-state index in [0.29, 0.717) is 12.6 Å². The van der Waals surface area contributed by atoms with Gasteiger partial charge in [-0.15, -0.1) is 0 Å². The lowest BCUT2D eigenvalue weighted by Gasteiger charge is -2.12. The van der Waals surface area contributed by atoms with E-state index in [4.69, 9.17) is 0 Å². The van der Waals surface area contributed by atoms with Gasteiger partial charge in [0.05, 0.1) is 6.54 Å². The molecule has 0 radical (unpaired) electrons. The van der Waals surface area contributed by atoms with Crippen LogP contribution in [-0.2, 0) is 4.79 Å². The Morgan fingerprint density at radius 2 is 2.06 bits per heavy atom. The number of nitrogens with one attached hydrogen (secondary N) is 2. The lowest BCUT2D eigenvalue weighted by molar-refractivity contribution is -0.115. The molecule has 0 saturated heterocycles. The summed E-state index contributed by atoms with van der Waals surface area (Å²) in [6, 6.07) is 7.89. The predicted octanol–water partition coefficient (Wildman–Crippen LogP) is 2.73. The third kappa shape index (κ3) is 6.10. The first-order valence-corrected chi connectivity index (χ1v) is 7.58. The van der Waals surface area contributed by atoms with Crippen molar-refractivity contribution >= 4 is 39.3 Å². The summed E-state index contributed by atoms with van der Waals surface area (Å²) in [4.78, 5) is 11.6. The highest BCUT2D eigenvalue weighted by Crippen LogP contribution is 2.13. The van der Waals surface area contributed by atoms with Crippen LogP contribution in [0, 0.1) is 0 Å². The molecule has 1 aromatic rings. The number of hydrogen-bond acceptors (Lipinski definition) is 3. The lowest BCUT2D eigenvalue weighted by Crippen LogP contribution is -2.35. The maximum absolute atomic E-state index is 11.6. The normalized spacial score (nSPS) is 12.2. The van der Waals surface area contributed by atoms with Crippen LogP contribution in [0.2, 0.25) is 0 Å². The van der Waals surface area contributed by atoms with Crippen molar-refractivity contribution in [1.29, 1.82) is 0 Å². The summed E-state index contributed by atoms with van der Waals surface area (Å²) in [7, 11) is 0. The van der Waals surface area contributed by atoms with E-state index in [2.05, 4.69) is 39.7 Å². The molecular weight excluding hydrogens is 300 g/mol. The van der Waals surface area contributed by atoms with Crippen LogP contribution in [0.1, 0.15) is 6.92 Å². The minimum Gasteiger partial charge on any atom is -0.325 e. The third-order valence-corrected chi connectivity index (χ3v) is 3.52. The van der Waals surface area contributed by atoms with E-state index in [1.807, 2.05) is 24.3 Å². The second kappa shape index (κ2) is 7.74. The van der Waals surface area contributed by atoms with Crippen LogP contribution in [0.25, 0.3) is 0 Å². The van der Waals surface area contributed by atoms with Crippen molar-refractivity contribution < 1.29 is 4.79 Å². The molecule has 0 aromatic heterocycles. The zero-order valence-corrected chi connectivity index (χ0v) is 12.4. The fourth-order valence-electron chi connectivity index (χ4n) is 1.31. The molecule has 0 saturated carbocycles. The molecule has 5 heteroatoms. The van der Waals surface area contributed by atoms with Gasteiger partial charge in [0.25, 0.3) is 0 Å². The summed E-state index contributed by atoms with van der Waals surface area (Å²) in [6.45, 7) is 2.42. The van der Waals surface area contributed by atoms with Gasteiger partial charge in [-0.05, 0) is 37.4 Å². The second-order valence-electron chi connectivity index (χ2n) is 3.79. The number of hydrogen-bond donors (Lipinski definition) is 2. The van der Waals surface area contributed by atoms with Gasteiger partial charge in [-0.25, -0.2) is 0 Å². The Balaban J connectivity index is 2.32. The molecule has 17 heavy (non-hydrogen) atoms. The summed E-state index contributed by atoms with van der Waals surface area (Å²) in [5.74, 6) is 0.992. The van der Waals surface area contributed by atoms with Gasteiger partial charge in [-0.1, -0.05) is 15.9 Å². The van der Waals surface area contributed by atoms with Crippen LogP contribution in [-0.4, -0.2) is 30.5 Å². The molecule has 1 aromatic carbocycles. The van der Waals surface area contributed by atoms with Gasteiger partial charge in [-0.2, -0.15) is 11.8 Å². The molecule has 0 spiro atoms. The molecule has 1 unspecified atom stereocenters. The molecule has 0 aliphatic heterocycles. The standard InChI is InChI=1S/C12H17BrN2OS/c1-9(8-17-2)14-7-12(16)15-11-5-3-10(13)4-6-11/h3-6,9,14H,7-8H2,1-2H3,(H,15,16). The Kier molecular flexibility index (Phi) is 6.62. The Morgan fingerprint density at radius 1 is 1.41 bits per heavy atom. The van der Waals surface area contributed by atoms with Crippen LogP contribution in [0.4, 0.5) is 5.69 Å². The van der Waals surface area contributed by atoms with Crippen molar-refractivity contribution in [2.75, 3.05) is 23.9 Å². The maximum atomic E-state index is 11.6. The highest BCUT2D eigenvalue weighted by Gasteiger charge is 2.05. The van der Waals surface area contributed by atoms with Gasteiger partial charge >= 0.3 is 0 Å². The van der Waals surface area contributed by atoms with Gasteiger partial charge in [0.15, 0.2) is 0 Å². The summed E-state index contributed by atoms with van der Waals surface area (Å²) < 4.78 is 1.00. The minimum atomic E-state index is -0.0136. The van der Waals surface area contributed by atoms with Gasteiger partial charge in [-0.3, -0.25) is 4.79 Å².